The summed E-state index contributed by atoms with van der Waals surface area (Å²) in [5, 5.41) is 6.53. The quantitative estimate of drug-likeness (QED) is 0.867. The highest BCUT2D eigenvalue weighted by molar-refractivity contribution is 7.13. The maximum atomic E-state index is 5.05. The summed E-state index contributed by atoms with van der Waals surface area (Å²) in [5.41, 5.74) is 2.21. The first kappa shape index (κ1) is 11.4. The van der Waals surface area contributed by atoms with Crippen LogP contribution in [0.4, 0.5) is 0 Å². The van der Waals surface area contributed by atoms with Crippen LogP contribution in [-0.2, 0) is 6.42 Å². The summed E-state index contributed by atoms with van der Waals surface area (Å²) in [7, 11) is 0. The average Bonchev–Trinajstić information content (AvgIpc) is 2.85. The summed E-state index contributed by atoms with van der Waals surface area (Å²) >= 11 is 1.67. The molecule has 0 bridgehead atoms. The van der Waals surface area contributed by atoms with E-state index in [9.17, 15) is 0 Å². The van der Waals surface area contributed by atoms with Crippen LogP contribution in [0.25, 0.3) is 10.6 Å². The maximum absolute atomic E-state index is 5.05. The third-order valence-corrected chi connectivity index (χ3v) is 3.19. The summed E-state index contributed by atoms with van der Waals surface area (Å²) in [5.74, 6) is 0. The largest absolute Gasteiger partial charge is 0.472 e. The number of hydrogen-bond acceptors (Lipinski definition) is 4. The van der Waals surface area contributed by atoms with E-state index in [0.29, 0.717) is 6.04 Å². The maximum Gasteiger partial charge on any atom is 0.126 e. The van der Waals surface area contributed by atoms with Crippen LogP contribution in [0.3, 0.4) is 0 Å². The van der Waals surface area contributed by atoms with E-state index in [0.717, 1.165) is 29.2 Å². The number of rotatable bonds is 5. The van der Waals surface area contributed by atoms with Gasteiger partial charge in [0.1, 0.15) is 11.3 Å². The van der Waals surface area contributed by atoms with Crippen molar-refractivity contribution in [2.45, 2.75) is 26.3 Å². The van der Waals surface area contributed by atoms with Crippen molar-refractivity contribution in [3.8, 4) is 10.6 Å². The molecule has 2 heterocycles. The minimum atomic E-state index is 0.534. The van der Waals surface area contributed by atoms with Crippen LogP contribution in [0, 0.1) is 0 Å². The molecule has 0 saturated carbocycles. The van der Waals surface area contributed by atoms with Crippen molar-refractivity contribution < 1.29 is 4.42 Å². The second kappa shape index (κ2) is 5.27. The van der Waals surface area contributed by atoms with Crippen LogP contribution in [0.2, 0.25) is 0 Å². The summed E-state index contributed by atoms with van der Waals surface area (Å²) in [6, 6.07) is 2.47. The normalized spacial score (nSPS) is 11.2. The first-order valence-corrected chi connectivity index (χ1v) is 6.34. The van der Waals surface area contributed by atoms with Gasteiger partial charge < -0.3 is 9.73 Å². The SMILES string of the molecule is CC(C)NCCc1csc(-c2ccoc2)n1. The molecule has 0 atom stereocenters. The smallest absolute Gasteiger partial charge is 0.126 e. The number of hydrogen-bond donors (Lipinski definition) is 1. The van der Waals surface area contributed by atoms with Gasteiger partial charge in [-0.3, -0.25) is 0 Å². The Morgan fingerprint density at radius 1 is 1.50 bits per heavy atom. The predicted molar refractivity (Wildman–Crippen MR) is 66.7 cm³/mol. The fourth-order valence-electron chi connectivity index (χ4n) is 1.43. The van der Waals surface area contributed by atoms with Crippen molar-refractivity contribution in [3.05, 3.63) is 29.7 Å². The van der Waals surface area contributed by atoms with E-state index < -0.39 is 0 Å². The molecule has 0 aromatic carbocycles. The van der Waals surface area contributed by atoms with E-state index in [1.54, 1.807) is 23.9 Å². The fraction of sp³-hybridized carbons (Fsp3) is 0.417. The zero-order chi connectivity index (χ0) is 11.4. The van der Waals surface area contributed by atoms with Gasteiger partial charge in [-0.2, -0.15) is 0 Å². The molecule has 0 fully saturated rings. The Hall–Kier alpha value is -1.13. The Morgan fingerprint density at radius 3 is 3.06 bits per heavy atom. The van der Waals surface area contributed by atoms with Crippen molar-refractivity contribution in [1.82, 2.24) is 10.3 Å². The molecule has 0 saturated heterocycles. The molecule has 2 rings (SSSR count). The lowest BCUT2D eigenvalue weighted by molar-refractivity contribution is 0.568. The van der Waals surface area contributed by atoms with Crippen LogP contribution >= 0.6 is 11.3 Å². The summed E-state index contributed by atoms with van der Waals surface area (Å²) in [4.78, 5) is 4.57. The second-order valence-corrected chi connectivity index (χ2v) is 4.87. The van der Waals surface area contributed by atoms with Crippen molar-refractivity contribution in [2.24, 2.45) is 0 Å². The lowest BCUT2D eigenvalue weighted by atomic mass is 10.3. The summed E-state index contributed by atoms with van der Waals surface area (Å²) in [6.45, 7) is 5.28. The summed E-state index contributed by atoms with van der Waals surface area (Å²) < 4.78 is 5.05. The Kier molecular flexibility index (Phi) is 3.74. The molecule has 0 aliphatic heterocycles. The number of thiazole rings is 1. The van der Waals surface area contributed by atoms with Gasteiger partial charge in [-0.1, -0.05) is 13.8 Å². The van der Waals surface area contributed by atoms with Gasteiger partial charge in [-0.05, 0) is 6.07 Å². The number of nitrogens with one attached hydrogen (secondary N) is 1. The zero-order valence-corrected chi connectivity index (χ0v) is 10.4. The van der Waals surface area contributed by atoms with E-state index in [1.807, 2.05) is 6.07 Å². The molecule has 1 N–H and O–H groups in total. The first-order chi connectivity index (χ1) is 7.75. The second-order valence-electron chi connectivity index (χ2n) is 4.01. The highest BCUT2D eigenvalue weighted by Gasteiger charge is 2.05. The Morgan fingerprint density at radius 2 is 2.38 bits per heavy atom. The van der Waals surface area contributed by atoms with Crippen LogP contribution in [-0.4, -0.2) is 17.6 Å². The molecule has 0 aliphatic rings. The minimum absolute atomic E-state index is 0.534. The zero-order valence-electron chi connectivity index (χ0n) is 9.56. The molecular formula is C12H16N2OS. The van der Waals surface area contributed by atoms with Crippen molar-refractivity contribution >= 4 is 11.3 Å². The van der Waals surface area contributed by atoms with Crippen LogP contribution in [0.1, 0.15) is 19.5 Å². The molecule has 0 spiro atoms. The molecule has 16 heavy (non-hydrogen) atoms. The molecule has 0 unspecified atom stereocenters. The van der Waals surface area contributed by atoms with E-state index >= 15 is 0 Å². The molecular weight excluding hydrogens is 220 g/mol. The molecule has 0 amide bonds. The highest BCUT2D eigenvalue weighted by atomic mass is 32.1. The van der Waals surface area contributed by atoms with E-state index in [-0.39, 0.29) is 0 Å². The van der Waals surface area contributed by atoms with E-state index in [1.165, 1.54) is 0 Å². The molecule has 2 aromatic heterocycles. The van der Waals surface area contributed by atoms with Gasteiger partial charge in [0.05, 0.1) is 12.0 Å². The Labute approximate surface area is 99.5 Å². The van der Waals surface area contributed by atoms with Crippen molar-refractivity contribution in [3.63, 3.8) is 0 Å². The minimum Gasteiger partial charge on any atom is -0.472 e. The average molecular weight is 236 g/mol. The highest BCUT2D eigenvalue weighted by Crippen LogP contribution is 2.23. The molecule has 0 radical (unpaired) electrons. The number of furan rings is 1. The molecule has 4 heteroatoms. The van der Waals surface area contributed by atoms with Gasteiger partial charge in [0, 0.05) is 30.0 Å². The third kappa shape index (κ3) is 2.93. The van der Waals surface area contributed by atoms with Gasteiger partial charge in [-0.15, -0.1) is 11.3 Å². The van der Waals surface area contributed by atoms with Gasteiger partial charge in [0.15, 0.2) is 0 Å². The van der Waals surface area contributed by atoms with Gasteiger partial charge in [-0.25, -0.2) is 4.98 Å². The van der Waals surface area contributed by atoms with Gasteiger partial charge in [0.25, 0.3) is 0 Å². The predicted octanol–water partition coefficient (Wildman–Crippen LogP) is 2.94. The molecule has 0 aliphatic carbocycles. The first-order valence-electron chi connectivity index (χ1n) is 5.46. The monoisotopic (exact) mass is 236 g/mol. The lowest BCUT2D eigenvalue weighted by Gasteiger charge is -2.05. The standard InChI is InChI=1S/C12H16N2OS/c1-9(2)13-5-3-11-8-16-12(14-11)10-4-6-15-7-10/h4,6-9,13H,3,5H2,1-2H3. The van der Waals surface area contributed by atoms with Gasteiger partial charge >= 0.3 is 0 Å². The van der Waals surface area contributed by atoms with E-state index in [2.05, 4.69) is 29.5 Å². The number of nitrogens with zero attached hydrogens (tertiary/aromatic N) is 1. The van der Waals surface area contributed by atoms with Crippen molar-refractivity contribution in [1.29, 1.82) is 0 Å². The Balaban J connectivity index is 1.93. The van der Waals surface area contributed by atoms with E-state index in [4.69, 9.17) is 4.42 Å². The molecule has 3 nitrogen and oxygen atoms in total. The molecule has 2 aromatic rings. The fourth-order valence-corrected chi connectivity index (χ4v) is 2.27. The third-order valence-electron chi connectivity index (χ3n) is 2.25. The van der Waals surface area contributed by atoms with Gasteiger partial charge in [0.2, 0.25) is 0 Å². The van der Waals surface area contributed by atoms with Crippen LogP contribution < -0.4 is 5.32 Å². The lowest BCUT2D eigenvalue weighted by Crippen LogP contribution is -2.24. The molecule has 86 valence electrons. The topological polar surface area (TPSA) is 38.1 Å². The Bertz CT molecular complexity index is 420. The van der Waals surface area contributed by atoms with Crippen LogP contribution in [0.5, 0.6) is 0 Å². The van der Waals surface area contributed by atoms with Crippen molar-refractivity contribution in [2.75, 3.05) is 6.54 Å². The van der Waals surface area contributed by atoms with Crippen LogP contribution in [0.15, 0.2) is 28.4 Å². The number of aromatic nitrogens is 1. The summed E-state index contributed by atoms with van der Waals surface area (Å²) in [6.07, 6.45) is 4.39.